The second kappa shape index (κ2) is 4.86. The van der Waals surface area contributed by atoms with Gasteiger partial charge in [-0.1, -0.05) is 13.3 Å². The second-order valence-corrected chi connectivity index (χ2v) is 4.03. The molecule has 1 aromatic rings. The van der Waals surface area contributed by atoms with Crippen LogP contribution in [0.5, 0.6) is 5.88 Å². The van der Waals surface area contributed by atoms with Crippen LogP contribution in [0.1, 0.15) is 36.6 Å². The maximum Gasteiger partial charge on any atom is 0.260 e. The molecular weight excluding hydrogens is 216 g/mol. The molecule has 0 amide bonds. The molecule has 0 saturated carbocycles. The van der Waals surface area contributed by atoms with E-state index >= 15 is 0 Å². The van der Waals surface area contributed by atoms with E-state index in [2.05, 4.69) is 17.4 Å². The first-order chi connectivity index (χ1) is 7.33. The van der Waals surface area contributed by atoms with Crippen LogP contribution in [0, 0.1) is 0 Å². The maximum absolute atomic E-state index is 6.12. The van der Waals surface area contributed by atoms with E-state index in [1.165, 1.54) is 0 Å². The van der Waals surface area contributed by atoms with Crippen molar-refractivity contribution < 1.29 is 9.26 Å². The third-order valence-corrected chi connectivity index (χ3v) is 2.81. The Balaban J connectivity index is 2.08. The van der Waals surface area contributed by atoms with Crippen molar-refractivity contribution in [2.75, 3.05) is 13.2 Å². The van der Waals surface area contributed by atoms with Gasteiger partial charge in [0.05, 0.1) is 12.2 Å². The number of fused-ring (bicyclic) bond motifs is 1. The maximum atomic E-state index is 6.12. The number of nitrogens with one attached hydrogen (secondary N) is 1. The van der Waals surface area contributed by atoms with E-state index in [1.807, 2.05) is 0 Å². The van der Waals surface area contributed by atoms with Crippen LogP contribution in [-0.2, 0) is 6.42 Å². The van der Waals surface area contributed by atoms with Crippen molar-refractivity contribution in [2.24, 2.45) is 0 Å². The van der Waals surface area contributed by atoms with Gasteiger partial charge in [0.2, 0.25) is 0 Å². The number of unbranched alkanes of at least 4 members (excludes halogenated alkanes) is 1. The summed E-state index contributed by atoms with van der Waals surface area (Å²) in [5, 5.41) is 7.04. The van der Waals surface area contributed by atoms with Gasteiger partial charge in [0.1, 0.15) is 11.3 Å². The van der Waals surface area contributed by atoms with Gasteiger partial charge in [-0.2, -0.15) is 0 Å². The van der Waals surface area contributed by atoms with Gasteiger partial charge in [-0.25, -0.2) is 0 Å². The molecule has 0 spiro atoms. The molecule has 2 heterocycles. The Kier molecular flexibility index (Phi) is 3.49. The Bertz CT molecular complexity index is 327. The van der Waals surface area contributed by atoms with Crippen LogP contribution in [0.15, 0.2) is 4.52 Å². The van der Waals surface area contributed by atoms with Crippen molar-refractivity contribution >= 4 is 11.6 Å². The van der Waals surface area contributed by atoms with Gasteiger partial charge in [0.25, 0.3) is 5.88 Å². The van der Waals surface area contributed by atoms with E-state index < -0.39 is 0 Å². The molecule has 15 heavy (non-hydrogen) atoms. The number of aromatic nitrogens is 1. The third-order valence-electron chi connectivity index (χ3n) is 2.44. The Morgan fingerprint density at radius 2 is 2.53 bits per heavy atom. The number of nitrogens with zero attached hydrogens (tertiary/aromatic N) is 1. The summed E-state index contributed by atoms with van der Waals surface area (Å²) in [7, 11) is 0. The molecule has 2 rings (SSSR count). The SMILES string of the molecule is CCCCOc1noc2c1C(Cl)NCC2. The Hall–Kier alpha value is -0.740. The summed E-state index contributed by atoms with van der Waals surface area (Å²) < 4.78 is 10.7. The van der Waals surface area contributed by atoms with Crippen molar-refractivity contribution in [1.82, 2.24) is 10.5 Å². The molecular formula is C10H15ClN2O2. The third kappa shape index (κ3) is 2.26. The molecule has 0 saturated heterocycles. The largest absolute Gasteiger partial charge is 0.475 e. The Labute approximate surface area is 93.9 Å². The zero-order valence-electron chi connectivity index (χ0n) is 8.75. The molecule has 5 heteroatoms. The standard InChI is InChI=1S/C10H15ClN2O2/c1-2-3-6-14-10-8-7(15-13-10)4-5-12-9(8)11/h9,12H,2-6H2,1H3. The first-order valence-corrected chi connectivity index (χ1v) is 5.75. The predicted octanol–water partition coefficient (Wildman–Crippen LogP) is 2.24. The normalized spacial score (nSPS) is 20.0. The van der Waals surface area contributed by atoms with Crippen LogP contribution in [0.4, 0.5) is 0 Å². The zero-order chi connectivity index (χ0) is 10.7. The summed E-state index contributed by atoms with van der Waals surface area (Å²) in [5.74, 6) is 1.39. The van der Waals surface area contributed by atoms with E-state index in [1.54, 1.807) is 0 Å². The lowest BCUT2D eigenvalue weighted by atomic mass is 10.1. The fourth-order valence-corrected chi connectivity index (χ4v) is 1.90. The average molecular weight is 231 g/mol. The number of rotatable bonds is 4. The lowest BCUT2D eigenvalue weighted by Crippen LogP contribution is -2.25. The minimum atomic E-state index is -0.239. The van der Waals surface area contributed by atoms with Gasteiger partial charge in [-0.3, -0.25) is 5.32 Å². The summed E-state index contributed by atoms with van der Waals surface area (Å²) >= 11 is 6.12. The van der Waals surface area contributed by atoms with Gasteiger partial charge >= 0.3 is 0 Å². The number of ether oxygens (including phenoxy) is 1. The average Bonchev–Trinajstić information content (AvgIpc) is 2.63. The van der Waals surface area contributed by atoms with E-state index in [9.17, 15) is 0 Å². The van der Waals surface area contributed by atoms with E-state index in [0.717, 1.165) is 37.1 Å². The molecule has 1 N–H and O–H groups in total. The van der Waals surface area contributed by atoms with Gasteiger partial charge in [0.15, 0.2) is 0 Å². The predicted molar refractivity (Wildman–Crippen MR) is 57.2 cm³/mol. The first-order valence-electron chi connectivity index (χ1n) is 5.31. The van der Waals surface area contributed by atoms with Crippen LogP contribution in [-0.4, -0.2) is 18.3 Å². The highest BCUT2D eigenvalue weighted by atomic mass is 35.5. The Morgan fingerprint density at radius 1 is 1.67 bits per heavy atom. The lowest BCUT2D eigenvalue weighted by Gasteiger charge is -2.17. The quantitative estimate of drug-likeness (QED) is 0.490. The van der Waals surface area contributed by atoms with Gasteiger partial charge < -0.3 is 9.26 Å². The highest BCUT2D eigenvalue weighted by Gasteiger charge is 2.27. The fraction of sp³-hybridized carbons (Fsp3) is 0.700. The molecule has 0 aliphatic carbocycles. The van der Waals surface area contributed by atoms with Crippen LogP contribution in [0.3, 0.4) is 0 Å². The summed E-state index contributed by atoms with van der Waals surface area (Å²) in [6, 6.07) is 0. The molecule has 1 atom stereocenters. The van der Waals surface area contributed by atoms with Crippen LogP contribution in [0.25, 0.3) is 0 Å². The molecule has 1 unspecified atom stereocenters. The van der Waals surface area contributed by atoms with Crippen LogP contribution >= 0.6 is 11.6 Å². The molecule has 1 aliphatic rings. The number of hydrogen-bond donors (Lipinski definition) is 1. The van der Waals surface area contributed by atoms with Crippen molar-refractivity contribution in [2.45, 2.75) is 31.7 Å². The van der Waals surface area contributed by atoms with Crippen molar-refractivity contribution in [3.63, 3.8) is 0 Å². The first kappa shape index (κ1) is 10.8. The molecule has 84 valence electrons. The minimum Gasteiger partial charge on any atom is -0.475 e. The Morgan fingerprint density at radius 3 is 3.33 bits per heavy atom. The fourth-order valence-electron chi connectivity index (χ4n) is 1.58. The molecule has 1 aromatic heterocycles. The van der Waals surface area contributed by atoms with E-state index in [-0.39, 0.29) is 5.50 Å². The summed E-state index contributed by atoms with van der Waals surface area (Å²) in [5.41, 5.74) is 0.635. The summed E-state index contributed by atoms with van der Waals surface area (Å²) in [6.07, 6.45) is 2.94. The highest BCUT2D eigenvalue weighted by molar-refractivity contribution is 6.20. The molecule has 1 aliphatic heterocycles. The van der Waals surface area contributed by atoms with Gasteiger partial charge in [-0.15, -0.1) is 11.6 Å². The van der Waals surface area contributed by atoms with E-state index in [4.69, 9.17) is 20.9 Å². The summed E-state index contributed by atoms with van der Waals surface area (Å²) in [6.45, 7) is 3.61. The lowest BCUT2D eigenvalue weighted by molar-refractivity contribution is 0.270. The summed E-state index contributed by atoms with van der Waals surface area (Å²) in [4.78, 5) is 0. The smallest absolute Gasteiger partial charge is 0.260 e. The van der Waals surface area contributed by atoms with Gasteiger partial charge in [0, 0.05) is 13.0 Å². The second-order valence-electron chi connectivity index (χ2n) is 3.59. The van der Waals surface area contributed by atoms with E-state index in [0.29, 0.717) is 12.5 Å². The van der Waals surface area contributed by atoms with Crippen LogP contribution in [0.2, 0.25) is 0 Å². The molecule has 0 bridgehead atoms. The van der Waals surface area contributed by atoms with Crippen LogP contribution < -0.4 is 10.1 Å². The van der Waals surface area contributed by atoms with Crippen molar-refractivity contribution in [3.05, 3.63) is 11.3 Å². The topological polar surface area (TPSA) is 47.3 Å². The molecule has 0 aromatic carbocycles. The number of hydrogen-bond acceptors (Lipinski definition) is 4. The van der Waals surface area contributed by atoms with Crippen molar-refractivity contribution in [1.29, 1.82) is 0 Å². The van der Waals surface area contributed by atoms with Crippen molar-refractivity contribution in [3.8, 4) is 5.88 Å². The number of halogens is 1. The zero-order valence-corrected chi connectivity index (χ0v) is 9.51. The highest BCUT2D eigenvalue weighted by Crippen LogP contribution is 2.33. The monoisotopic (exact) mass is 230 g/mol. The van der Waals surface area contributed by atoms with Gasteiger partial charge in [-0.05, 0) is 11.6 Å². The minimum absolute atomic E-state index is 0.239. The molecule has 0 radical (unpaired) electrons. The number of alkyl halides is 1. The molecule has 0 fully saturated rings. The molecule has 4 nitrogen and oxygen atoms in total.